The molecule has 4 rings (SSSR count). The first-order valence-corrected chi connectivity index (χ1v) is 13.1. The van der Waals surface area contributed by atoms with E-state index in [0.29, 0.717) is 27.5 Å². The third-order valence-corrected chi connectivity index (χ3v) is 6.97. The van der Waals surface area contributed by atoms with Gasteiger partial charge in [0.15, 0.2) is 0 Å². The summed E-state index contributed by atoms with van der Waals surface area (Å²) in [6, 6.07) is 30.7. The fourth-order valence-corrected chi connectivity index (χ4v) is 4.39. The first kappa shape index (κ1) is 26.8. The van der Waals surface area contributed by atoms with Crippen LogP contribution in [0.1, 0.15) is 24.2 Å². The Hall–Kier alpha value is -4.30. The van der Waals surface area contributed by atoms with Crippen LogP contribution in [-0.4, -0.2) is 22.7 Å². The van der Waals surface area contributed by atoms with Gasteiger partial charge in [-0.1, -0.05) is 48.5 Å². The Morgan fingerprint density at radius 3 is 2.03 bits per heavy atom. The van der Waals surface area contributed by atoms with Crippen LogP contribution in [0, 0.1) is 5.41 Å². The van der Waals surface area contributed by atoms with Crippen LogP contribution < -0.4 is 15.4 Å². The smallest absolute Gasteiger partial charge is 0.255 e. The summed E-state index contributed by atoms with van der Waals surface area (Å²) in [5.74, 6) is -0.690. The Bertz CT molecular complexity index is 1440. The number of rotatable bonds is 9. The highest BCUT2D eigenvalue weighted by Crippen LogP contribution is 2.23. The molecule has 0 aliphatic rings. The van der Waals surface area contributed by atoms with Crippen LogP contribution in [0.3, 0.4) is 0 Å². The van der Waals surface area contributed by atoms with Gasteiger partial charge in [-0.15, -0.1) is 0 Å². The fourth-order valence-electron chi connectivity index (χ4n) is 3.49. The van der Waals surface area contributed by atoms with Crippen molar-refractivity contribution in [3.8, 4) is 11.1 Å². The summed E-state index contributed by atoms with van der Waals surface area (Å²) in [6.45, 7) is 2.29. The summed E-state index contributed by atoms with van der Waals surface area (Å²) in [5.41, 5.74) is 3.07. The van der Waals surface area contributed by atoms with E-state index in [1.54, 1.807) is 60.7 Å². The SMILES string of the molecule is CC(C)(CF)C(=O)Nc1ccc(NS(=O)c2cccc(NC(=O)c3ccc(-c4ccccc4)cc3)c2)cc1. The normalized spacial score (nSPS) is 11.9. The molecule has 6 nitrogen and oxygen atoms in total. The molecular formula is C30H28FN3O3S. The minimum atomic E-state index is -1.60. The van der Waals surface area contributed by atoms with Crippen LogP contribution in [0.5, 0.6) is 0 Å². The number of hydrogen-bond donors (Lipinski definition) is 3. The minimum absolute atomic E-state index is 0.269. The van der Waals surface area contributed by atoms with Crippen molar-refractivity contribution in [1.82, 2.24) is 0 Å². The van der Waals surface area contributed by atoms with E-state index in [4.69, 9.17) is 0 Å². The highest BCUT2D eigenvalue weighted by molar-refractivity contribution is 7.86. The maximum Gasteiger partial charge on any atom is 0.255 e. The van der Waals surface area contributed by atoms with Gasteiger partial charge in [0.2, 0.25) is 5.91 Å². The molecule has 4 aromatic carbocycles. The molecule has 3 N–H and O–H groups in total. The van der Waals surface area contributed by atoms with Crippen molar-refractivity contribution in [1.29, 1.82) is 0 Å². The van der Waals surface area contributed by atoms with Crippen LogP contribution in [-0.2, 0) is 15.8 Å². The van der Waals surface area contributed by atoms with Crippen LogP contribution in [0.25, 0.3) is 11.1 Å². The van der Waals surface area contributed by atoms with Gasteiger partial charge < -0.3 is 15.4 Å². The van der Waals surface area contributed by atoms with Crippen LogP contribution in [0.15, 0.2) is 108 Å². The number of halogens is 1. The Kier molecular flexibility index (Phi) is 8.33. The van der Waals surface area contributed by atoms with Gasteiger partial charge in [0.25, 0.3) is 5.91 Å². The van der Waals surface area contributed by atoms with E-state index >= 15 is 0 Å². The van der Waals surface area contributed by atoms with Gasteiger partial charge in [-0.25, -0.2) is 8.60 Å². The van der Waals surface area contributed by atoms with Gasteiger partial charge in [-0.2, -0.15) is 0 Å². The fraction of sp³-hybridized carbons (Fsp3) is 0.133. The van der Waals surface area contributed by atoms with E-state index < -0.39 is 29.0 Å². The van der Waals surface area contributed by atoms with Crippen molar-refractivity contribution in [2.75, 3.05) is 22.0 Å². The molecular weight excluding hydrogens is 501 g/mol. The predicted molar refractivity (Wildman–Crippen MR) is 151 cm³/mol. The van der Waals surface area contributed by atoms with E-state index in [0.717, 1.165) is 11.1 Å². The number of alkyl halides is 1. The lowest BCUT2D eigenvalue weighted by Crippen LogP contribution is -2.32. The number of carbonyl (C=O) groups is 2. The summed E-state index contributed by atoms with van der Waals surface area (Å²) < 4.78 is 28.8. The zero-order valence-electron chi connectivity index (χ0n) is 21.0. The number of carbonyl (C=O) groups excluding carboxylic acids is 2. The van der Waals surface area contributed by atoms with Gasteiger partial charge in [-0.3, -0.25) is 9.59 Å². The van der Waals surface area contributed by atoms with Gasteiger partial charge in [0.1, 0.15) is 17.7 Å². The molecule has 38 heavy (non-hydrogen) atoms. The topological polar surface area (TPSA) is 87.3 Å². The molecule has 0 saturated carbocycles. The number of benzene rings is 4. The average molecular weight is 530 g/mol. The Morgan fingerprint density at radius 2 is 1.37 bits per heavy atom. The lowest BCUT2D eigenvalue weighted by atomic mass is 9.94. The third kappa shape index (κ3) is 6.72. The lowest BCUT2D eigenvalue weighted by Gasteiger charge is -2.19. The third-order valence-electron chi connectivity index (χ3n) is 5.86. The van der Waals surface area contributed by atoms with Crippen LogP contribution in [0.2, 0.25) is 0 Å². The van der Waals surface area contributed by atoms with Gasteiger partial charge in [0, 0.05) is 22.6 Å². The molecule has 0 heterocycles. The number of amides is 2. The van der Waals surface area contributed by atoms with Gasteiger partial charge >= 0.3 is 0 Å². The quantitative estimate of drug-likeness (QED) is 0.226. The molecule has 8 heteroatoms. The molecule has 1 unspecified atom stereocenters. The van der Waals surface area contributed by atoms with Gasteiger partial charge in [0.05, 0.1) is 10.3 Å². The minimum Gasteiger partial charge on any atom is -0.326 e. The monoisotopic (exact) mass is 529 g/mol. The largest absolute Gasteiger partial charge is 0.326 e. The first-order valence-electron chi connectivity index (χ1n) is 12.0. The number of anilines is 3. The maximum absolute atomic E-state index is 13.0. The van der Waals surface area contributed by atoms with Crippen molar-refractivity contribution in [3.63, 3.8) is 0 Å². The molecule has 0 aliphatic heterocycles. The Balaban J connectivity index is 1.37. The molecule has 2 amide bonds. The first-order chi connectivity index (χ1) is 18.2. The van der Waals surface area contributed by atoms with Crippen molar-refractivity contribution >= 4 is 39.9 Å². The molecule has 0 aromatic heterocycles. The highest BCUT2D eigenvalue weighted by Gasteiger charge is 2.27. The van der Waals surface area contributed by atoms with E-state index in [1.165, 1.54) is 13.8 Å². The summed E-state index contributed by atoms with van der Waals surface area (Å²) in [4.78, 5) is 25.4. The van der Waals surface area contributed by atoms with Crippen molar-refractivity contribution in [3.05, 3.63) is 109 Å². The van der Waals surface area contributed by atoms with Crippen molar-refractivity contribution in [2.45, 2.75) is 18.7 Å². The lowest BCUT2D eigenvalue weighted by molar-refractivity contribution is -0.124. The van der Waals surface area contributed by atoms with Crippen molar-refractivity contribution in [2.24, 2.45) is 5.41 Å². The second-order valence-corrected chi connectivity index (χ2v) is 10.6. The van der Waals surface area contributed by atoms with E-state index in [1.807, 2.05) is 42.5 Å². The van der Waals surface area contributed by atoms with E-state index in [-0.39, 0.29) is 5.91 Å². The van der Waals surface area contributed by atoms with Gasteiger partial charge in [-0.05, 0) is 79.6 Å². The molecule has 1 atom stereocenters. The molecule has 0 saturated heterocycles. The standard InChI is InChI=1S/C30H28FN3O3S/c1-30(2,20-31)29(36)33-24-15-17-25(18-16-24)34-38(37)27-10-6-9-26(19-27)32-28(35)23-13-11-22(12-14-23)21-7-4-3-5-8-21/h3-19,34H,20H2,1-2H3,(H,32,35)(H,33,36). The molecule has 0 aliphatic carbocycles. The predicted octanol–water partition coefficient (Wildman–Crippen LogP) is 6.67. The number of hydrogen-bond acceptors (Lipinski definition) is 3. The molecule has 194 valence electrons. The second kappa shape index (κ2) is 11.8. The van der Waals surface area contributed by atoms with E-state index in [9.17, 15) is 18.2 Å². The van der Waals surface area contributed by atoms with Crippen LogP contribution >= 0.6 is 0 Å². The number of nitrogens with one attached hydrogen (secondary N) is 3. The molecule has 0 fully saturated rings. The second-order valence-electron chi connectivity index (χ2n) is 9.35. The maximum atomic E-state index is 13.0. The van der Waals surface area contributed by atoms with Crippen molar-refractivity contribution < 1.29 is 18.2 Å². The zero-order valence-corrected chi connectivity index (χ0v) is 21.8. The molecule has 0 bridgehead atoms. The molecule has 0 spiro atoms. The zero-order chi connectivity index (χ0) is 27.1. The summed E-state index contributed by atoms with van der Waals surface area (Å²) in [5, 5.41) is 5.52. The summed E-state index contributed by atoms with van der Waals surface area (Å²) in [6.07, 6.45) is 0. The Labute approximate surface area is 223 Å². The Morgan fingerprint density at radius 1 is 0.737 bits per heavy atom. The summed E-state index contributed by atoms with van der Waals surface area (Å²) >= 11 is 0. The highest BCUT2D eigenvalue weighted by atomic mass is 32.2. The molecule has 0 radical (unpaired) electrons. The molecule has 4 aromatic rings. The average Bonchev–Trinajstić information content (AvgIpc) is 2.94. The summed E-state index contributed by atoms with van der Waals surface area (Å²) in [7, 11) is -1.60. The van der Waals surface area contributed by atoms with Crippen LogP contribution in [0.4, 0.5) is 21.5 Å². The van der Waals surface area contributed by atoms with E-state index in [2.05, 4.69) is 15.4 Å².